The molecule has 0 aromatic heterocycles. The molecular weight excluding hydrogens is 348 g/mol. The highest BCUT2D eigenvalue weighted by Crippen LogP contribution is 2.69. The van der Waals surface area contributed by atoms with Crippen molar-refractivity contribution >= 4 is 11.6 Å². The van der Waals surface area contributed by atoms with Gasteiger partial charge in [-0.2, -0.15) is 0 Å². The highest BCUT2D eigenvalue weighted by Gasteiger charge is 2.80. The normalized spacial score (nSPS) is 52.7. The molecule has 0 spiro atoms. The molecule has 3 fully saturated rings. The molecule has 2 saturated carbocycles. The molecule has 0 aromatic carbocycles. The summed E-state index contributed by atoms with van der Waals surface area (Å²) in [6.07, 6.45) is 0.876. The van der Waals surface area contributed by atoms with Gasteiger partial charge in [0.25, 0.3) is 5.95 Å². The topological polar surface area (TPSA) is 85.4 Å². The van der Waals surface area contributed by atoms with Gasteiger partial charge in [-0.25, -0.2) is 0 Å². The van der Waals surface area contributed by atoms with Crippen LogP contribution >= 0.6 is 0 Å². The van der Waals surface area contributed by atoms with Gasteiger partial charge in [-0.05, 0) is 40.0 Å². The first-order valence-corrected chi connectivity index (χ1v) is 10.00. The second-order valence-electron chi connectivity index (χ2n) is 10.1. The minimum Gasteiger partial charge on any atom is -0.462 e. The lowest BCUT2D eigenvalue weighted by Crippen LogP contribution is -2.74. The number of Topliss-reactive ketones (excluding diaryl/α,β-unsaturated/α-hetero) is 2. The van der Waals surface area contributed by atoms with Crippen LogP contribution in [-0.4, -0.2) is 46.2 Å². The fourth-order valence-corrected chi connectivity index (χ4v) is 6.55. The van der Waals surface area contributed by atoms with Gasteiger partial charge in [-0.15, -0.1) is 0 Å². The van der Waals surface area contributed by atoms with E-state index in [2.05, 4.69) is 0 Å². The van der Waals surface area contributed by atoms with Crippen molar-refractivity contribution in [3.05, 3.63) is 11.5 Å². The fourth-order valence-electron chi connectivity index (χ4n) is 6.55. The van der Waals surface area contributed by atoms with Gasteiger partial charge < -0.3 is 19.3 Å². The molecule has 5 rings (SSSR count). The van der Waals surface area contributed by atoms with E-state index < -0.39 is 28.1 Å². The number of allylic oxidation sites excluding steroid dienone is 1. The molecule has 1 N–H and O–H groups in total. The molecule has 0 amide bonds. The van der Waals surface area contributed by atoms with Gasteiger partial charge in [-0.1, -0.05) is 13.8 Å². The Balaban J connectivity index is 1.64. The Bertz CT molecular complexity index is 798. The molecule has 6 heteroatoms. The van der Waals surface area contributed by atoms with E-state index in [1.165, 1.54) is 0 Å². The molecule has 3 heterocycles. The van der Waals surface area contributed by atoms with Gasteiger partial charge in [0.2, 0.25) is 0 Å². The van der Waals surface area contributed by atoms with E-state index in [0.29, 0.717) is 37.2 Å². The van der Waals surface area contributed by atoms with Gasteiger partial charge >= 0.3 is 0 Å². The van der Waals surface area contributed by atoms with E-state index >= 15 is 0 Å². The minimum absolute atomic E-state index is 0.0200. The molecule has 0 aromatic rings. The first-order valence-electron chi connectivity index (χ1n) is 10.00. The summed E-state index contributed by atoms with van der Waals surface area (Å²) in [7, 11) is 0. The largest absolute Gasteiger partial charge is 0.462 e. The number of carbonyl (C=O) groups excluding carboxylic acids is 2. The number of hydrogen-bond donors (Lipinski definition) is 1. The smallest absolute Gasteiger partial charge is 0.286 e. The van der Waals surface area contributed by atoms with Crippen molar-refractivity contribution in [1.82, 2.24) is 0 Å². The standard InChI is InChI=1S/C21H28O6/c1-10-8-12(22)11-9-13-19(4,27-17(11)25-10)6-7-21(24)18(2,3)16-14(26-16)15(23)20(13,21)5/h10,13-14,16,24H,6-9H2,1-5H3/t10-,13+,14-,16-,19-,20+,21-/m1/s1. The third-order valence-corrected chi connectivity index (χ3v) is 8.41. The number of epoxide rings is 1. The van der Waals surface area contributed by atoms with Gasteiger partial charge in [-0.3, -0.25) is 9.59 Å². The molecule has 3 aliphatic heterocycles. The van der Waals surface area contributed by atoms with Crippen LogP contribution < -0.4 is 0 Å². The molecule has 0 unspecified atom stereocenters. The number of rotatable bonds is 0. The zero-order valence-electron chi connectivity index (χ0n) is 16.6. The maximum atomic E-state index is 13.4. The minimum atomic E-state index is -1.20. The summed E-state index contributed by atoms with van der Waals surface area (Å²) in [5.41, 5.74) is -2.91. The van der Waals surface area contributed by atoms with E-state index in [0.717, 1.165) is 0 Å². The van der Waals surface area contributed by atoms with Crippen LogP contribution in [0.3, 0.4) is 0 Å². The van der Waals surface area contributed by atoms with Crippen molar-refractivity contribution in [2.75, 3.05) is 0 Å². The average Bonchev–Trinajstić information content (AvgIpc) is 3.37. The molecule has 5 aliphatic rings. The van der Waals surface area contributed by atoms with Gasteiger partial charge in [0.15, 0.2) is 11.6 Å². The number of carbonyl (C=O) groups is 2. The van der Waals surface area contributed by atoms with E-state index in [9.17, 15) is 14.7 Å². The lowest BCUT2D eigenvalue weighted by atomic mass is 9.41. The van der Waals surface area contributed by atoms with Gasteiger partial charge in [0.1, 0.15) is 17.8 Å². The maximum absolute atomic E-state index is 13.4. The lowest BCUT2D eigenvalue weighted by Gasteiger charge is -2.65. The number of hydrogen-bond acceptors (Lipinski definition) is 6. The second kappa shape index (κ2) is 4.77. The van der Waals surface area contributed by atoms with Crippen molar-refractivity contribution in [3.63, 3.8) is 0 Å². The summed E-state index contributed by atoms with van der Waals surface area (Å²) < 4.78 is 17.8. The third kappa shape index (κ3) is 1.84. The van der Waals surface area contributed by atoms with Crippen LogP contribution in [0.25, 0.3) is 0 Å². The van der Waals surface area contributed by atoms with E-state index in [1.54, 1.807) is 0 Å². The molecule has 27 heavy (non-hydrogen) atoms. The Kier molecular flexibility index (Phi) is 3.12. The predicted octanol–water partition coefficient (Wildman–Crippen LogP) is 2.28. The van der Waals surface area contributed by atoms with Crippen molar-refractivity contribution < 1.29 is 28.9 Å². The van der Waals surface area contributed by atoms with E-state index in [1.807, 2.05) is 34.6 Å². The first-order chi connectivity index (χ1) is 12.5. The zero-order chi connectivity index (χ0) is 19.6. The molecular formula is C21H28O6. The summed E-state index contributed by atoms with van der Waals surface area (Å²) >= 11 is 0. The highest BCUT2D eigenvalue weighted by molar-refractivity contribution is 5.98. The Morgan fingerprint density at radius 2 is 1.78 bits per heavy atom. The lowest BCUT2D eigenvalue weighted by molar-refractivity contribution is -0.264. The fraction of sp³-hybridized carbons (Fsp3) is 0.810. The third-order valence-electron chi connectivity index (χ3n) is 8.41. The van der Waals surface area contributed by atoms with Crippen molar-refractivity contribution in [1.29, 1.82) is 0 Å². The first kappa shape index (κ1) is 17.7. The van der Waals surface area contributed by atoms with Crippen LogP contribution in [0.1, 0.15) is 60.3 Å². The molecule has 6 nitrogen and oxygen atoms in total. The van der Waals surface area contributed by atoms with Crippen molar-refractivity contribution in [2.24, 2.45) is 16.7 Å². The number of aliphatic hydroxyl groups is 1. The monoisotopic (exact) mass is 376 g/mol. The quantitative estimate of drug-likeness (QED) is 0.653. The predicted molar refractivity (Wildman–Crippen MR) is 94.5 cm³/mol. The molecule has 148 valence electrons. The maximum Gasteiger partial charge on any atom is 0.286 e. The zero-order valence-corrected chi connectivity index (χ0v) is 16.6. The van der Waals surface area contributed by atoms with E-state index in [-0.39, 0.29) is 29.7 Å². The van der Waals surface area contributed by atoms with Crippen LogP contribution in [0.4, 0.5) is 0 Å². The number of ether oxygens (including phenoxy) is 3. The summed E-state index contributed by atoms with van der Waals surface area (Å²) in [6, 6.07) is 0. The van der Waals surface area contributed by atoms with Crippen LogP contribution in [0.5, 0.6) is 0 Å². The van der Waals surface area contributed by atoms with Crippen LogP contribution in [0, 0.1) is 16.7 Å². The average molecular weight is 376 g/mol. The number of ketones is 2. The molecule has 1 saturated heterocycles. The summed E-state index contributed by atoms with van der Waals surface area (Å²) in [5.74, 6) is -0.00277. The van der Waals surface area contributed by atoms with Crippen LogP contribution in [-0.2, 0) is 23.8 Å². The molecule has 0 radical (unpaired) electrons. The molecule has 7 atom stereocenters. The Hall–Kier alpha value is -1.40. The Morgan fingerprint density at radius 1 is 1.07 bits per heavy atom. The van der Waals surface area contributed by atoms with Crippen molar-refractivity contribution in [3.8, 4) is 0 Å². The van der Waals surface area contributed by atoms with Crippen molar-refractivity contribution in [2.45, 2.75) is 89.8 Å². The molecule has 2 aliphatic carbocycles. The Labute approximate surface area is 159 Å². The summed E-state index contributed by atoms with van der Waals surface area (Å²) in [5, 5.41) is 11.9. The summed E-state index contributed by atoms with van der Waals surface area (Å²) in [4.78, 5) is 26.1. The van der Waals surface area contributed by atoms with E-state index in [4.69, 9.17) is 14.2 Å². The highest BCUT2D eigenvalue weighted by atomic mass is 16.7. The summed E-state index contributed by atoms with van der Waals surface area (Å²) in [6.45, 7) is 9.70. The second-order valence-corrected chi connectivity index (χ2v) is 10.1. The molecule has 0 bridgehead atoms. The van der Waals surface area contributed by atoms with Crippen LogP contribution in [0.15, 0.2) is 11.5 Å². The van der Waals surface area contributed by atoms with Crippen LogP contribution in [0.2, 0.25) is 0 Å². The van der Waals surface area contributed by atoms with Gasteiger partial charge in [0, 0.05) is 17.8 Å². The Morgan fingerprint density at radius 3 is 2.48 bits per heavy atom. The number of fused-ring (bicyclic) bond motifs is 4. The van der Waals surface area contributed by atoms with Gasteiger partial charge in [0.05, 0.1) is 22.7 Å². The SMILES string of the molecule is C[C@@H]1CC(=O)C2=C(O1)O[C@]1(C)CC[C@@]3(O)C(C)(C)[C@@H]4O[C@@H]4C(=O)[C@]3(C)[C@H]1C2.